The molecule has 1 aromatic rings. The van der Waals surface area contributed by atoms with Gasteiger partial charge in [0.25, 0.3) is 0 Å². The van der Waals surface area contributed by atoms with Crippen LogP contribution in [0.25, 0.3) is 0 Å². The maximum absolute atomic E-state index is 9.18. The summed E-state index contributed by atoms with van der Waals surface area (Å²) >= 11 is 0. The van der Waals surface area contributed by atoms with Crippen molar-refractivity contribution in [2.75, 3.05) is 6.61 Å². The van der Waals surface area contributed by atoms with Gasteiger partial charge in [-0.25, -0.2) is 4.68 Å². The van der Waals surface area contributed by atoms with E-state index >= 15 is 0 Å². The molecular weight excluding hydrogens is 196 g/mol. The summed E-state index contributed by atoms with van der Waals surface area (Å²) < 4.78 is 1.53. The van der Waals surface area contributed by atoms with Gasteiger partial charge in [-0.3, -0.25) is 0 Å². The molecule has 0 saturated carbocycles. The molecule has 0 aliphatic rings. The van der Waals surface area contributed by atoms with Crippen molar-refractivity contribution >= 4 is 0 Å². The van der Waals surface area contributed by atoms with Crippen LogP contribution >= 0.6 is 0 Å². The summed E-state index contributed by atoms with van der Waals surface area (Å²) in [6, 6.07) is 0.401. The number of aromatic nitrogens is 3. The van der Waals surface area contributed by atoms with E-state index in [1.165, 1.54) is 4.68 Å². The summed E-state index contributed by atoms with van der Waals surface area (Å²) in [5, 5.41) is 28.8. The van der Waals surface area contributed by atoms with Crippen LogP contribution in [0.15, 0.2) is 6.20 Å². The second kappa shape index (κ2) is 5.79. The lowest BCUT2D eigenvalue weighted by Crippen LogP contribution is -2.22. The first-order valence-electron chi connectivity index (χ1n) is 5.03. The van der Waals surface area contributed by atoms with Gasteiger partial charge in [-0.05, 0) is 0 Å². The van der Waals surface area contributed by atoms with E-state index in [4.69, 9.17) is 5.11 Å². The molecule has 0 saturated heterocycles. The van der Waals surface area contributed by atoms with Crippen LogP contribution in [0.3, 0.4) is 0 Å². The standard InChI is InChI=1S/C9H18N4O2/c1-7(2)10-3-8-4-13(12-11-8)5-9(15)6-14/h4,7,9-10,14-15H,3,5-6H2,1-2H3. The van der Waals surface area contributed by atoms with Crippen LogP contribution in [0.1, 0.15) is 19.5 Å². The summed E-state index contributed by atoms with van der Waals surface area (Å²) in [5.41, 5.74) is 0.828. The Labute approximate surface area is 88.9 Å². The Morgan fingerprint density at radius 1 is 1.53 bits per heavy atom. The van der Waals surface area contributed by atoms with E-state index in [-0.39, 0.29) is 13.2 Å². The van der Waals surface area contributed by atoms with Crippen LogP contribution in [0.5, 0.6) is 0 Å². The molecule has 1 aromatic heterocycles. The highest BCUT2D eigenvalue weighted by molar-refractivity contribution is 4.91. The fourth-order valence-corrected chi connectivity index (χ4v) is 1.09. The molecule has 86 valence electrons. The molecule has 0 radical (unpaired) electrons. The molecular formula is C9H18N4O2. The summed E-state index contributed by atoms with van der Waals surface area (Å²) in [7, 11) is 0. The van der Waals surface area contributed by atoms with Crippen molar-refractivity contribution in [1.29, 1.82) is 0 Å². The zero-order valence-corrected chi connectivity index (χ0v) is 9.09. The maximum atomic E-state index is 9.18. The van der Waals surface area contributed by atoms with Crippen LogP contribution in [-0.2, 0) is 13.1 Å². The number of aliphatic hydroxyl groups excluding tert-OH is 2. The molecule has 6 heteroatoms. The quantitative estimate of drug-likeness (QED) is 0.573. The molecule has 0 amide bonds. The number of hydrogen-bond donors (Lipinski definition) is 3. The topological polar surface area (TPSA) is 83.2 Å². The fraction of sp³-hybridized carbons (Fsp3) is 0.778. The van der Waals surface area contributed by atoms with Gasteiger partial charge in [0.15, 0.2) is 0 Å². The zero-order chi connectivity index (χ0) is 11.3. The van der Waals surface area contributed by atoms with Gasteiger partial charge in [0, 0.05) is 18.8 Å². The van der Waals surface area contributed by atoms with Crippen molar-refractivity contribution in [2.45, 2.75) is 39.1 Å². The monoisotopic (exact) mass is 214 g/mol. The Balaban J connectivity index is 2.42. The van der Waals surface area contributed by atoms with Crippen molar-refractivity contribution in [3.8, 4) is 0 Å². The molecule has 0 bridgehead atoms. The van der Waals surface area contributed by atoms with Gasteiger partial charge >= 0.3 is 0 Å². The highest BCUT2D eigenvalue weighted by atomic mass is 16.3. The Hall–Kier alpha value is -0.980. The maximum Gasteiger partial charge on any atom is 0.0966 e. The third-order valence-corrected chi connectivity index (χ3v) is 1.89. The van der Waals surface area contributed by atoms with Gasteiger partial charge in [-0.15, -0.1) is 5.10 Å². The highest BCUT2D eigenvalue weighted by Crippen LogP contribution is 1.95. The second-order valence-corrected chi connectivity index (χ2v) is 3.80. The summed E-state index contributed by atoms with van der Waals surface area (Å²) in [4.78, 5) is 0. The smallest absolute Gasteiger partial charge is 0.0966 e. The van der Waals surface area contributed by atoms with Crippen LogP contribution in [0.4, 0.5) is 0 Å². The minimum atomic E-state index is -0.780. The van der Waals surface area contributed by atoms with Crippen LogP contribution in [0, 0.1) is 0 Å². The molecule has 1 heterocycles. The van der Waals surface area contributed by atoms with Crippen molar-refractivity contribution < 1.29 is 10.2 Å². The first-order valence-corrected chi connectivity index (χ1v) is 5.03. The Morgan fingerprint density at radius 2 is 2.27 bits per heavy atom. The average Bonchev–Trinajstić information content (AvgIpc) is 2.62. The van der Waals surface area contributed by atoms with Crippen molar-refractivity contribution in [1.82, 2.24) is 20.3 Å². The normalized spacial score (nSPS) is 13.4. The lowest BCUT2D eigenvalue weighted by atomic mass is 10.3. The number of nitrogens with zero attached hydrogens (tertiary/aromatic N) is 3. The molecule has 1 unspecified atom stereocenters. The van der Waals surface area contributed by atoms with E-state index in [9.17, 15) is 5.11 Å². The molecule has 0 aliphatic carbocycles. The third-order valence-electron chi connectivity index (χ3n) is 1.89. The minimum absolute atomic E-state index is 0.264. The molecule has 6 nitrogen and oxygen atoms in total. The van der Waals surface area contributed by atoms with Gasteiger partial charge in [-0.1, -0.05) is 19.1 Å². The minimum Gasteiger partial charge on any atom is -0.394 e. The molecule has 1 rings (SSSR count). The number of hydrogen-bond acceptors (Lipinski definition) is 5. The zero-order valence-electron chi connectivity index (χ0n) is 9.09. The second-order valence-electron chi connectivity index (χ2n) is 3.80. The Kier molecular flexibility index (Phi) is 4.67. The summed E-state index contributed by atoms with van der Waals surface area (Å²) in [6.07, 6.45) is 0.978. The molecule has 1 atom stereocenters. The van der Waals surface area contributed by atoms with E-state index in [0.29, 0.717) is 12.6 Å². The van der Waals surface area contributed by atoms with E-state index in [1.807, 2.05) is 0 Å². The van der Waals surface area contributed by atoms with Crippen LogP contribution in [-0.4, -0.2) is 44.0 Å². The first-order chi connectivity index (χ1) is 7.11. The predicted octanol–water partition coefficient (Wildman–Crippen LogP) is -0.871. The third kappa shape index (κ3) is 4.37. The van der Waals surface area contributed by atoms with Gasteiger partial charge < -0.3 is 15.5 Å². The Morgan fingerprint density at radius 3 is 2.87 bits per heavy atom. The lowest BCUT2D eigenvalue weighted by Gasteiger charge is -2.05. The molecule has 0 aromatic carbocycles. The van der Waals surface area contributed by atoms with Crippen LogP contribution < -0.4 is 5.32 Å². The van der Waals surface area contributed by atoms with E-state index < -0.39 is 6.10 Å². The summed E-state index contributed by atoms with van der Waals surface area (Å²) in [5.74, 6) is 0. The molecule has 3 N–H and O–H groups in total. The van der Waals surface area contributed by atoms with Gasteiger partial charge in [0.05, 0.1) is 24.9 Å². The largest absolute Gasteiger partial charge is 0.394 e. The highest BCUT2D eigenvalue weighted by Gasteiger charge is 2.06. The van der Waals surface area contributed by atoms with Crippen molar-refractivity contribution in [3.05, 3.63) is 11.9 Å². The van der Waals surface area contributed by atoms with Gasteiger partial charge in [-0.2, -0.15) is 0 Å². The van der Waals surface area contributed by atoms with Crippen LogP contribution in [0.2, 0.25) is 0 Å². The molecule has 0 fully saturated rings. The number of nitrogens with one attached hydrogen (secondary N) is 1. The van der Waals surface area contributed by atoms with E-state index in [2.05, 4.69) is 29.5 Å². The Bertz CT molecular complexity index is 287. The first kappa shape index (κ1) is 12.1. The number of aliphatic hydroxyl groups is 2. The summed E-state index contributed by atoms with van der Waals surface area (Å²) in [6.45, 7) is 4.78. The molecule has 0 spiro atoms. The van der Waals surface area contributed by atoms with Crippen molar-refractivity contribution in [3.63, 3.8) is 0 Å². The van der Waals surface area contributed by atoms with Gasteiger partial charge in [0.2, 0.25) is 0 Å². The fourth-order valence-electron chi connectivity index (χ4n) is 1.09. The molecule has 0 aliphatic heterocycles. The van der Waals surface area contributed by atoms with E-state index in [0.717, 1.165) is 5.69 Å². The van der Waals surface area contributed by atoms with E-state index in [1.54, 1.807) is 6.20 Å². The number of rotatable bonds is 6. The van der Waals surface area contributed by atoms with Crippen molar-refractivity contribution in [2.24, 2.45) is 0 Å². The van der Waals surface area contributed by atoms with Gasteiger partial charge in [0.1, 0.15) is 0 Å². The molecule has 15 heavy (non-hydrogen) atoms. The lowest BCUT2D eigenvalue weighted by molar-refractivity contribution is 0.0778. The average molecular weight is 214 g/mol. The predicted molar refractivity (Wildman–Crippen MR) is 55.1 cm³/mol. The SMILES string of the molecule is CC(C)NCc1cn(CC(O)CO)nn1.